The summed E-state index contributed by atoms with van der Waals surface area (Å²) >= 11 is 0. The van der Waals surface area contributed by atoms with Gasteiger partial charge >= 0.3 is 0 Å². The first-order valence-corrected chi connectivity index (χ1v) is 29.8. The zero-order chi connectivity index (χ0) is 46.6. The van der Waals surface area contributed by atoms with Gasteiger partial charge in [0.15, 0.2) is 0 Å². The van der Waals surface area contributed by atoms with Gasteiger partial charge in [-0.15, -0.1) is 0 Å². The Morgan fingerprint density at radius 1 is 0.226 bits per heavy atom. The Balaban J connectivity index is -0.000000385. The average molecular weight is 907 g/mol. The third kappa shape index (κ3) is 90.6. The summed E-state index contributed by atoms with van der Waals surface area (Å²) in [7, 11) is -5.39. The van der Waals surface area contributed by atoms with Crippen molar-refractivity contribution in [3.63, 3.8) is 0 Å². The molecule has 0 aliphatic carbocycles. The monoisotopic (exact) mass is 906 g/mol. The van der Waals surface area contributed by atoms with Crippen molar-refractivity contribution < 1.29 is 36.4 Å². The molecule has 0 aliphatic rings. The van der Waals surface area contributed by atoms with Gasteiger partial charge in [0.2, 0.25) is 0 Å². The second kappa shape index (κ2) is 67.6. The lowest BCUT2D eigenvalue weighted by atomic mass is 10.0. The van der Waals surface area contributed by atoms with Crippen molar-refractivity contribution in [3.8, 4) is 0 Å². The van der Waals surface area contributed by atoms with Gasteiger partial charge in [0, 0.05) is 0 Å². The molecule has 0 saturated heterocycles. The van der Waals surface area contributed by atoms with Crippen LogP contribution in [0.3, 0.4) is 0 Å². The molecular weight excluding hydrogens is 786 g/mol. The summed E-state index contributed by atoms with van der Waals surface area (Å²) in [6.45, 7) is 10.2. The zero-order valence-electron chi connectivity index (χ0n) is 43.3. The van der Waals surface area contributed by atoms with E-state index < -0.39 is 7.82 Å². The van der Waals surface area contributed by atoms with Gasteiger partial charge in [-0.3, -0.25) is 0 Å². The van der Waals surface area contributed by atoms with Crippen LogP contribution >= 0.6 is 7.82 Å². The lowest BCUT2D eigenvalue weighted by molar-refractivity contribution is -0.432. The molecule has 9 N–H and O–H groups in total. The van der Waals surface area contributed by atoms with Crippen LogP contribution in [0.25, 0.3) is 0 Å². The molecule has 0 radical (unpaired) electrons. The highest BCUT2D eigenvalue weighted by molar-refractivity contribution is 7.40. The SMILES string of the molecule is CCCCCCCCCCCCCCCCCC[NH3+].CCCCCCCCCCCCCCCCCC[NH3+].CCCCCCCCCCCCCCCCCC[NH3+].O=P([O-])([O-])[O-]. The summed E-state index contributed by atoms with van der Waals surface area (Å²) < 4.78 is 8.55. The molecule has 0 spiro atoms. The molecule has 0 atom stereocenters. The van der Waals surface area contributed by atoms with E-state index >= 15 is 0 Å². The Bertz CT molecular complexity index is 620. The molecule has 0 heterocycles. The van der Waals surface area contributed by atoms with E-state index in [1.54, 1.807) is 0 Å². The van der Waals surface area contributed by atoms with Crippen LogP contribution in [-0.4, -0.2) is 19.6 Å². The van der Waals surface area contributed by atoms with Gasteiger partial charge in [-0.2, -0.15) is 7.82 Å². The molecule has 0 amide bonds. The predicted molar refractivity (Wildman–Crippen MR) is 270 cm³/mol. The number of unbranched alkanes of at least 4 members (excludes halogenated alkanes) is 45. The number of rotatable bonds is 48. The molecule has 0 aliphatic heterocycles. The third-order valence-electron chi connectivity index (χ3n) is 12.3. The molecule has 0 unspecified atom stereocenters. The molecule has 0 aromatic heterocycles. The van der Waals surface area contributed by atoms with Gasteiger partial charge in [0.1, 0.15) is 0 Å². The molecular formula is C54H120N3O4P. The molecule has 0 saturated carbocycles. The van der Waals surface area contributed by atoms with Crippen LogP contribution in [0.1, 0.15) is 329 Å². The lowest BCUT2D eigenvalue weighted by Gasteiger charge is -2.36. The van der Waals surface area contributed by atoms with E-state index in [1.165, 1.54) is 308 Å². The van der Waals surface area contributed by atoms with Gasteiger partial charge in [-0.25, -0.2) is 0 Å². The quantitative estimate of drug-likeness (QED) is 0.0408. The molecule has 380 valence electrons. The van der Waals surface area contributed by atoms with Crippen LogP contribution < -0.4 is 31.9 Å². The summed E-state index contributed by atoms with van der Waals surface area (Å²) in [6, 6.07) is 0. The van der Waals surface area contributed by atoms with Crippen LogP contribution in [0.15, 0.2) is 0 Å². The maximum Gasteiger partial charge on any atom is 0.0739 e. The van der Waals surface area contributed by atoms with Crippen molar-refractivity contribution in [1.29, 1.82) is 0 Å². The van der Waals surface area contributed by atoms with E-state index in [0.29, 0.717) is 0 Å². The molecule has 0 aromatic carbocycles. The maximum atomic E-state index is 8.55. The number of phosphoric acid groups is 1. The highest BCUT2D eigenvalue weighted by atomic mass is 31.2. The Labute approximate surface area is 391 Å². The molecule has 0 rings (SSSR count). The van der Waals surface area contributed by atoms with Crippen LogP contribution in [-0.2, 0) is 4.57 Å². The van der Waals surface area contributed by atoms with E-state index in [4.69, 9.17) is 19.2 Å². The van der Waals surface area contributed by atoms with E-state index in [1.807, 2.05) is 0 Å². The molecule has 62 heavy (non-hydrogen) atoms. The maximum absolute atomic E-state index is 8.55. The fraction of sp³-hybridized carbons (Fsp3) is 1.00. The van der Waals surface area contributed by atoms with Crippen molar-refractivity contribution in [2.45, 2.75) is 329 Å². The van der Waals surface area contributed by atoms with Gasteiger partial charge in [-0.05, 0) is 38.5 Å². The van der Waals surface area contributed by atoms with Crippen molar-refractivity contribution in [1.82, 2.24) is 0 Å². The van der Waals surface area contributed by atoms with Gasteiger partial charge in [-0.1, -0.05) is 290 Å². The summed E-state index contributed by atoms with van der Waals surface area (Å²) in [5.41, 5.74) is 11.7. The molecule has 0 aromatic rings. The molecule has 7 nitrogen and oxygen atoms in total. The second-order valence-electron chi connectivity index (χ2n) is 18.9. The Morgan fingerprint density at radius 3 is 0.387 bits per heavy atom. The first-order valence-electron chi connectivity index (χ1n) is 28.4. The number of hydrogen-bond acceptors (Lipinski definition) is 4. The standard InChI is InChI=1S/3C18H39N.H3O4P/c3*1-2-3-4-5-6-7-8-9-10-11-12-13-14-15-16-17-18-19;1-5(2,3)4/h3*2-19H2,1H3;(H3,1,2,3,4). The smallest absolute Gasteiger partial charge is 0.0739 e. The third-order valence-corrected chi connectivity index (χ3v) is 12.3. The second-order valence-corrected chi connectivity index (χ2v) is 19.8. The van der Waals surface area contributed by atoms with E-state index in [-0.39, 0.29) is 0 Å². The van der Waals surface area contributed by atoms with Gasteiger partial charge < -0.3 is 36.4 Å². The van der Waals surface area contributed by atoms with Crippen LogP contribution in [0.2, 0.25) is 0 Å². The fourth-order valence-electron chi connectivity index (χ4n) is 8.17. The van der Waals surface area contributed by atoms with Gasteiger partial charge in [0.25, 0.3) is 0 Å². The minimum Gasteiger partial charge on any atom is -0.822 e. The summed E-state index contributed by atoms with van der Waals surface area (Å²) in [4.78, 5) is 25.6. The fourth-order valence-corrected chi connectivity index (χ4v) is 8.17. The van der Waals surface area contributed by atoms with Crippen LogP contribution in [0.5, 0.6) is 0 Å². The van der Waals surface area contributed by atoms with Crippen molar-refractivity contribution in [3.05, 3.63) is 0 Å². The Kier molecular flexibility index (Phi) is 74.7. The predicted octanol–water partition coefficient (Wildman–Crippen LogP) is 13.6. The first kappa shape index (κ1) is 68.6. The van der Waals surface area contributed by atoms with Crippen LogP contribution in [0.4, 0.5) is 0 Å². The first-order chi connectivity index (χ1) is 30.2. The molecule has 8 heteroatoms. The number of quaternary nitrogens is 3. The highest BCUT2D eigenvalue weighted by Crippen LogP contribution is 2.16. The van der Waals surface area contributed by atoms with Crippen LogP contribution in [0, 0.1) is 0 Å². The lowest BCUT2D eigenvalue weighted by Crippen LogP contribution is -2.50. The zero-order valence-corrected chi connectivity index (χ0v) is 44.2. The minimum absolute atomic E-state index is 1.12. The Hall–Kier alpha value is -0.0100. The summed E-state index contributed by atoms with van der Waals surface area (Å²) in [5.74, 6) is 0. The van der Waals surface area contributed by atoms with Crippen molar-refractivity contribution in [2.75, 3.05) is 19.6 Å². The average Bonchev–Trinajstić information content (AvgIpc) is 3.25. The van der Waals surface area contributed by atoms with Gasteiger partial charge in [0.05, 0.1) is 19.6 Å². The van der Waals surface area contributed by atoms with E-state index in [0.717, 1.165) is 19.6 Å². The molecule has 0 fully saturated rings. The highest BCUT2D eigenvalue weighted by Gasteiger charge is 1.97. The van der Waals surface area contributed by atoms with Crippen molar-refractivity contribution >= 4 is 7.82 Å². The summed E-state index contributed by atoms with van der Waals surface area (Å²) in [6.07, 6.45) is 69.6. The van der Waals surface area contributed by atoms with E-state index in [2.05, 4.69) is 38.0 Å². The topological polar surface area (TPSA) is 169 Å². The largest absolute Gasteiger partial charge is 0.822 e. The summed E-state index contributed by atoms with van der Waals surface area (Å²) in [5, 5.41) is 0. The molecule has 0 bridgehead atoms. The van der Waals surface area contributed by atoms with Crippen molar-refractivity contribution in [2.24, 2.45) is 0 Å². The normalized spacial score (nSPS) is 11.1. The number of hydrogen-bond donors (Lipinski definition) is 3. The van der Waals surface area contributed by atoms with E-state index in [9.17, 15) is 0 Å². The Morgan fingerprint density at radius 2 is 0.306 bits per heavy atom. The minimum atomic E-state index is -5.39.